The Balaban J connectivity index is 2.45. The van der Waals surface area contributed by atoms with E-state index in [-0.39, 0.29) is 18.9 Å². The third-order valence-electron chi connectivity index (χ3n) is 2.10. The van der Waals surface area contributed by atoms with E-state index >= 15 is 0 Å². The van der Waals surface area contributed by atoms with Crippen molar-refractivity contribution in [3.8, 4) is 0 Å². The van der Waals surface area contributed by atoms with Gasteiger partial charge in [-0.3, -0.25) is 4.79 Å². The summed E-state index contributed by atoms with van der Waals surface area (Å²) in [6.45, 7) is 0.437. The Kier molecular flexibility index (Phi) is 5.68. The summed E-state index contributed by atoms with van der Waals surface area (Å²) in [5.41, 5.74) is 0.422. The molecule has 1 N–H and O–H groups in total. The number of ether oxygens (including phenoxy) is 1. The van der Waals surface area contributed by atoms with E-state index < -0.39 is 11.3 Å². The second-order valence-electron chi connectivity index (χ2n) is 3.36. The van der Waals surface area contributed by atoms with Gasteiger partial charge in [0.1, 0.15) is 11.2 Å². The first-order valence-corrected chi connectivity index (χ1v) is 5.72. The molecule has 0 fully saturated rings. The van der Waals surface area contributed by atoms with Gasteiger partial charge in [0.15, 0.2) is 0 Å². The number of nitrogens with one attached hydrogen (secondary N) is 1. The molecule has 0 aliphatic carbocycles. The van der Waals surface area contributed by atoms with Gasteiger partial charge in [-0.1, -0.05) is 11.6 Å². The fourth-order valence-electron chi connectivity index (χ4n) is 1.22. The maximum absolute atomic E-state index is 13.3. The summed E-state index contributed by atoms with van der Waals surface area (Å²) in [5, 5.41) is 2.52. The van der Waals surface area contributed by atoms with Crippen LogP contribution in [0.25, 0.3) is 0 Å². The van der Waals surface area contributed by atoms with Crippen LogP contribution >= 0.6 is 23.2 Å². The quantitative estimate of drug-likeness (QED) is 0.664. The smallest absolute Gasteiger partial charge is 0.325 e. The number of hydrogen-bond acceptors (Lipinski definition) is 3. The highest BCUT2D eigenvalue weighted by molar-refractivity contribution is 6.30. The standard InChI is InChI=1S/C11H12Cl2FNO2/c1-17-11(16)9(13)6-15-5-7-4-8(12)2-3-10(7)14/h2-4,9,15H,5-6H2,1H3. The Morgan fingerprint density at radius 2 is 2.29 bits per heavy atom. The van der Waals surface area contributed by atoms with E-state index in [1.807, 2.05) is 0 Å². The van der Waals surface area contributed by atoms with E-state index in [9.17, 15) is 9.18 Å². The third kappa shape index (κ3) is 4.50. The molecule has 0 amide bonds. The van der Waals surface area contributed by atoms with Gasteiger partial charge in [0.2, 0.25) is 0 Å². The zero-order valence-corrected chi connectivity index (χ0v) is 10.7. The molecule has 0 saturated carbocycles. The van der Waals surface area contributed by atoms with Crippen molar-refractivity contribution in [2.75, 3.05) is 13.7 Å². The van der Waals surface area contributed by atoms with Crippen molar-refractivity contribution in [3.63, 3.8) is 0 Å². The molecule has 0 aliphatic heterocycles. The average molecular weight is 280 g/mol. The Hall–Kier alpha value is -0.840. The summed E-state index contributed by atoms with van der Waals surface area (Å²) < 4.78 is 17.7. The van der Waals surface area contributed by atoms with Gasteiger partial charge in [0.25, 0.3) is 0 Å². The Labute approximate surface area is 109 Å². The van der Waals surface area contributed by atoms with Crippen LogP contribution in [-0.2, 0) is 16.1 Å². The van der Waals surface area contributed by atoms with Crippen LogP contribution in [0.15, 0.2) is 18.2 Å². The average Bonchev–Trinajstić information content (AvgIpc) is 2.32. The second-order valence-corrected chi connectivity index (χ2v) is 4.32. The molecule has 0 saturated heterocycles. The van der Waals surface area contributed by atoms with Gasteiger partial charge in [0, 0.05) is 23.7 Å². The van der Waals surface area contributed by atoms with Crippen LogP contribution in [-0.4, -0.2) is 25.0 Å². The van der Waals surface area contributed by atoms with Crippen LogP contribution < -0.4 is 5.32 Å². The van der Waals surface area contributed by atoms with E-state index in [0.29, 0.717) is 10.6 Å². The SMILES string of the molecule is COC(=O)C(Cl)CNCc1cc(Cl)ccc1F. The molecular weight excluding hydrogens is 268 g/mol. The summed E-state index contributed by atoms with van der Waals surface area (Å²) >= 11 is 11.4. The third-order valence-corrected chi connectivity index (χ3v) is 2.67. The number of rotatable bonds is 5. The number of esters is 1. The molecule has 0 spiro atoms. The van der Waals surface area contributed by atoms with E-state index in [0.717, 1.165) is 0 Å². The molecule has 1 rings (SSSR count). The van der Waals surface area contributed by atoms with Gasteiger partial charge in [-0.25, -0.2) is 4.39 Å². The number of alkyl halides is 1. The van der Waals surface area contributed by atoms with Crippen LogP contribution in [0, 0.1) is 5.82 Å². The maximum Gasteiger partial charge on any atom is 0.325 e. The fourth-order valence-corrected chi connectivity index (χ4v) is 1.62. The summed E-state index contributed by atoms with van der Waals surface area (Å²) in [4.78, 5) is 11.0. The molecule has 94 valence electrons. The van der Waals surface area contributed by atoms with Crippen molar-refractivity contribution < 1.29 is 13.9 Å². The van der Waals surface area contributed by atoms with Crippen LogP contribution in [0.5, 0.6) is 0 Å². The highest BCUT2D eigenvalue weighted by atomic mass is 35.5. The lowest BCUT2D eigenvalue weighted by Crippen LogP contribution is -2.30. The minimum atomic E-state index is -0.790. The minimum Gasteiger partial charge on any atom is -0.468 e. The highest BCUT2D eigenvalue weighted by Crippen LogP contribution is 2.14. The molecule has 1 atom stereocenters. The zero-order chi connectivity index (χ0) is 12.8. The Morgan fingerprint density at radius 3 is 2.94 bits per heavy atom. The summed E-state index contributed by atoms with van der Waals surface area (Å²) in [6, 6.07) is 4.28. The number of halogens is 3. The first-order chi connectivity index (χ1) is 8.04. The lowest BCUT2D eigenvalue weighted by molar-refractivity contribution is -0.140. The van der Waals surface area contributed by atoms with E-state index in [2.05, 4.69) is 10.1 Å². The minimum absolute atomic E-state index is 0.195. The number of hydrogen-bond donors (Lipinski definition) is 1. The van der Waals surface area contributed by atoms with Crippen molar-refractivity contribution in [1.82, 2.24) is 5.32 Å². The van der Waals surface area contributed by atoms with Gasteiger partial charge in [-0.2, -0.15) is 0 Å². The fraction of sp³-hybridized carbons (Fsp3) is 0.364. The summed E-state index contributed by atoms with van der Waals surface area (Å²) in [5.74, 6) is -0.878. The zero-order valence-electron chi connectivity index (χ0n) is 9.17. The van der Waals surface area contributed by atoms with Gasteiger partial charge in [-0.15, -0.1) is 11.6 Å². The lowest BCUT2D eigenvalue weighted by atomic mass is 10.2. The van der Waals surface area contributed by atoms with Crippen LogP contribution in [0.4, 0.5) is 4.39 Å². The summed E-state index contributed by atoms with van der Waals surface area (Å²) in [7, 11) is 1.26. The molecule has 17 heavy (non-hydrogen) atoms. The number of benzene rings is 1. The van der Waals surface area contributed by atoms with E-state index in [4.69, 9.17) is 23.2 Å². The lowest BCUT2D eigenvalue weighted by Gasteiger charge is -2.09. The van der Waals surface area contributed by atoms with E-state index in [1.54, 1.807) is 0 Å². The van der Waals surface area contributed by atoms with Gasteiger partial charge in [0.05, 0.1) is 7.11 Å². The van der Waals surface area contributed by atoms with Crippen molar-refractivity contribution in [3.05, 3.63) is 34.6 Å². The molecule has 0 heterocycles. The van der Waals surface area contributed by atoms with E-state index in [1.165, 1.54) is 25.3 Å². The van der Waals surface area contributed by atoms with Crippen molar-refractivity contribution in [2.45, 2.75) is 11.9 Å². The van der Waals surface area contributed by atoms with Crippen LogP contribution in [0.3, 0.4) is 0 Å². The molecule has 0 aliphatic rings. The number of carbonyl (C=O) groups excluding carboxylic acids is 1. The normalized spacial score (nSPS) is 12.2. The number of carbonyl (C=O) groups is 1. The largest absolute Gasteiger partial charge is 0.468 e. The van der Waals surface area contributed by atoms with Crippen molar-refractivity contribution in [1.29, 1.82) is 0 Å². The monoisotopic (exact) mass is 279 g/mol. The first-order valence-electron chi connectivity index (χ1n) is 4.91. The Morgan fingerprint density at radius 1 is 1.59 bits per heavy atom. The molecular formula is C11H12Cl2FNO2. The van der Waals surface area contributed by atoms with Gasteiger partial charge in [-0.05, 0) is 18.2 Å². The van der Waals surface area contributed by atoms with Gasteiger partial charge < -0.3 is 10.1 Å². The Bertz CT molecular complexity index is 401. The molecule has 6 heteroatoms. The van der Waals surface area contributed by atoms with Crippen LogP contribution in [0.1, 0.15) is 5.56 Å². The van der Waals surface area contributed by atoms with Gasteiger partial charge >= 0.3 is 5.97 Å². The molecule has 0 bridgehead atoms. The molecule has 1 unspecified atom stereocenters. The summed E-state index contributed by atoms with van der Waals surface area (Å²) in [6.07, 6.45) is 0. The molecule has 3 nitrogen and oxygen atoms in total. The molecule has 0 aromatic heterocycles. The molecule has 1 aromatic rings. The highest BCUT2D eigenvalue weighted by Gasteiger charge is 2.15. The molecule has 0 radical (unpaired) electrons. The van der Waals surface area contributed by atoms with Crippen LogP contribution in [0.2, 0.25) is 5.02 Å². The topological polar surface area (TPSA) is 38.3 Å². The first kappa shape index (κ1) is 14.2. The predicted octanol–water partition coefficient (Wildman–Crippen LogP) is 2.35. The number of methoxy groups -OCH3 is 1. The molecule has 1 aromatic carbocycles. The predicted molar refractivity (Wildman–Crippen MR) is 64.8 cm³/mol. The van der Waals surface area contributed by atoms with Crippen molar-refractivity contribution >= 4 is 29.2 Å². The maximum atomic E-state index is 13.3. The second kappa shape index (κ2) is 6.79. The van der Waals surface area contributed by atoms with Crippen molar-refractivity contribution in [2.24, 2.45) is 0 Å².